The van der Waals surface area contributed by atoms with Crippen molar-refractivity contribution in [1.82, 2.24) is 5.32 Å². The molecule has 1 aromatic rings. The molecule has 1 heterocycles. The van der Waals surface area contributed by atoms with E-state index in [1.807, 2.05) is 0 Å². The highest BCUT2D eigenvalue weighted by Crippen LogP contribution is 2.19. The zero-order valence-electron chi connectivity index (χ0n) is 10.5. The van der Waals surface area contributed by atoms with E-state index in [-0.39, 0.29) is 5.56 Å². The topological polar surface area (TPSA) is 21.3 Å². The molecule has 0 aromatic heterocycles. The molecule has 2 rings (SSSR count). The summed E-state index contributed by atoms with van der Waals surface area (Å²) in [6, 6.07) is 6.97. The second-order valence-corrected chi connectivity index (χ2v) is 4.83. The van der Waals surface area contributed by atoms with Crippen LogP contribution in [0.3, 0.4) is 0 Å². The number of alkyl halides is 2. The van der Waals surface area contributed by atoms with Crippen LogP contribution in [0.2, 0.25) is 0 Å². The Bertz CT molecular complexity index is 367. The average molecular weight is 255 g/mol. The van der Waals surface area contributed by atoms with Gasteiger partial charge in [-0.3, -0.25) is 0 Å². The van der Waals surface area contributed by atoms with Crippen molar-refractivity contribution in [3.63, 3.8) is 0 Å². The van der Waals surface area contributed by atoms with Crippen molar-refractivity contribution in [1.29, 1.82) is 0 Å². The molecule has 0 aliphatic carbocycles. The second-order valence-electron chi connectivity index (χ2n) is 4.83. The molecule has 2 atom stereocenters. The van der Waals surface area contributed by atoms with Crippen LogP contribution in [0, 0.1) is 0 Å². The van der Waals surface area contributed by atoms with Crippen molar-refractivity contribution in [2.75, 3.05) is 6.61 Å². The Morgan fingerprint density at radius 3 is 2.67 bits per heavy atom. The van der Waals surface area contributed by atoms with Gasteiger partial charge in [-0.2, -0.15) is 0 Å². The fourth-order valence-corrected chi connectivity index (χ4v) is 2.23. The van der Waals surface area contributed by atoms with Crippen LogP contribution < -0.4 is 5.32 Å². The van der Waals surface area contributed by atoms with E-state index in [1.54, 1.807) is 12.1 Å². The smallest absolute Gasteiger partial charge is 0.263 e. The molecule has 1 aliphatic heterocycles. The van der Waals surface area contributed by atoms with E-state index < -0.39 is 6.43 Å². The summed E-state index contributed by atoms with van der Waals surface area (Å²) in [4.78, 5) is 0. The van der Waals surface area contributed by atoms with Gasteiger partial charge in [-0.1, -0.05) is 24.3 Å². The summed E-state index contributed by atoms with van der Waals surface area (Å²) in [7, 11) is 0. The number of rotatable bonds is 4. The zero-order chi connectivity index (χ0) is 13.0. The Balaban J connectivity index is 1.82. The van der Waals surface area contributed by atoms with Crippen LogP contribution in [-0.4, -0.2) is 18.8 Å². The first-order valence-corrected chi connectivity index (χ1v) is 6.37. The van der Waals surface area contributed by atoms with Crippen LogP contribution in [0.1, 0.15) is 37.3 Å². The van der Waals surface area contributed by atoms with Gasteiger partial charge in [-0.25, -0.2) is 8.78 Å². The molecular weight excluding hydrogens is 236 g/mol. The van der Waals surface area contributed by atoms with E-state index in [4.69, 9.17) is 4.74 Å². The molecule has 1 fully saturated rings. The number of hydrogen-bond acceptors (Lipinski definition) is 2. The van der Waals surface area contributed by atoms with E-state index in [9.17, 15) is 8.78 Å². The summed E-state index contributed by atoms with van der Waals surface area (Å²) >= 11 is 0. The third-order valence-corrected chi connectivity index (χ3v) is 3.31. The molecule has 0 spiro atoms. The third-order valence-electron chi connectivity index (χ3n) is 3.31. The molecule has 1 aliphatic rings. The minimum absolute atomic E-state index is 0.0819. The Kier molecular flexibility index (Phi) is 4.66. The fourth-order valence-electron chi connectivity index (χ4n) is 2.23. The summed E-state index contributed by atoms with van der Waals surface area (Å²) in [5.74, 6) is 0. The summed E-state index contributed by atoms with van der Waals surface area (Å²) < 4.78 is 30.3. The van der Waals surface area contributed by atoms with Crippen LogP contribution >= 0.6 is 0 Å². The average Bonchev–Trinajstić information content (AvgIpc) is 2.37. The van der Waals surface area contributed by atoms with E-state index in [2.05, 4.69) is 12.2 Å². The first-order chi connectivity index (χ1) is 8.65. The predicted octanol–water partition coefficient (Wildman–Crippen LogP) is 3.28. The number of ether oxygens (including phenoxy) is 1. The molecule has 100 valence electrons. The Hall–Kier alpha value is -1.00. The lowest BCUT2D eigenvalue weighted by Gasteiger charge is -2.28. The van der Waals surface area contributed by atoms with Crippen LogP contribution in [0.5, 0.6) is 0 Å². The molecule has 0 radical (unpaired) electrons. The first kappa shape index (κ1) is 13.4. The lowest BCUT2D eigenvalue weighted by atomic mass is 10.0. The van der Waals surface area contributed by atoms with Crippen LogP contribution in [-0.2, 0) is 11.3 Å². The molecule has 1 saturated heterocycles. The Morgan fingerprint density at radius 2 is 2.06 bits per heavy atom. The van der Waals surface area contributed by atoms with Gasteiger partial charge in [0.25, 0.3) is 6.43 Å². The number of nitrogens with one attached hydrogen (secondary N) is 1. The highest BCUT2D eigenvalue weighted by atomic mass is 19.3. The Labute approximate surface area is 106 Å². The monoisotopic (exact) mass is 255 g/mol. The maximum Gasteiger partial charge on any atom is 0.263 e. The van der Waals surface area contributed by atoms with Gasteiger partial charge in [0.05, 0.1) is 6.10 Å². The van der Waals surface area contributed by atoms with Gasteiger partial charge >= 0.3 is 0 Å². The lowest BCUT2D eigenvalue weighted by molar-refractivity contribution is 0.0130. The molecule has 1 N–H and O–H groups in total. The van der Waals surface area contributed by atoms with Gasteiger partial charge in [0.1, 0.15) is 0 Å². The molecule has 1 aromatic carbocycles. The van der Waals surface area contributed by atoms with Crippen molar-refractivity contribution >= 4 is 0 Å². The lowest BCUT2D eigenvalue weighted by Crippen LogP contribution is -2.37. The zero-order valence-corrected chi connectivity index (χ0v) is 10.5. The van der Waals surface area contributed by atoms with E-state index >= 15 is 0 Å². The van der Waals surface area contributed by atoms with E-state index in [1.165, 1.54) is 12.1 Å². The van der Waals surface area contributed by atoms with E-state index in [0.29, 0.717) is 12.1 Å². The summed E-state index contributed by atoms with van der Waals surface area (Å²) in [5.41, 5.74) is 1.12. The van der Waals surface area contributed by atoms with Crippen LogP contribution in [0.25, 0.3) is 0 Å². The minimum Gasteiger partial charge on any atom is -0.378 e. The van der Waals surface area contributed by atoms with Gasteiger partial charge in [0.15, 0.2) is 0 Å². The van der Waals surface area contributed by atoms with Crippen molar-refractivity contribution < 1.29 is 13.5 Å². The standard InChI is InChI=1S/C14H19F2NO/c1-10-8-13(6-7-18-10)17-9-11-2-4-12(5-3-11)14(15)16/h2-5,10,13-14,17H,6-9H2,1H3. The molecule has 4 heteroatoms. The van der Waals surface area contributed by atoms with Crippen molar-refractivity contribution in [2.45, 2.75) is 44.9 Å². The van der Waals surface area contributed by atoms with Crippen molar-refractivity contribution in [3.8, 4) is 0 Å². The second kappa shape index (κ2) is 6.25. The number of halogens is 2. The summed E-state index contributed by atoms with van der Waals surface area (Å²) in [6.07, 6.45) is -0.0602. The largest absolute Gasteiger partial charge is 0.378 e. The predicted molar refractivity (Wildman–Crippen MR) is 66.7 cm³/mol. The normalized spacial score (nSPS) is 24.4. The van der Waals surface area contributed by atoms with Gasteiger partial charge in [0.2, 0.25) is 0 Å². The van der Waals surface area contributed by atoms with Crippen LogP contribution in [0.15, 0.2) is 24.3 Å². The highest BCUT2D eigenvalue weighted by Gasteiger charge is 2.18. The van der Waals surface area contributed by atoms with Crippen molar-refractivity contribution in [3.05, 3.63) is 35.4 Å². The van der Waals surface area contributed by atoms with Crippen LogP contribution in [0.4, 0.5) is 8.78 Å². The molecule has 18 heavy (non-hydrogen) atoms. The SMILES string of the molecule is CC1CC(NCc2ccc(C(F)F)cc2)CCO1. The quantitative estimate of drug-likeness (QED) is 0.891. The molecule has 2 nitrogen and oxygen atoms in total. The van der Waals surface area contributed by atoms with Gasteiger partial charge in [0, 0.05) is 24.8 Å². The maximum absolute atomic E-state index is 12.4. The summed E-state index contributed by atoms with van der Waals surface area (Å²) in [6.45, 7) is 3.59. The highest BCUT2D eigenvalue weighted by molar-refractivity contribution is 5.23. The maximum atomic E-state index is 12.4. The van der Waals surface area contributed by atoms with E-state index in [0.717, 1.165) is 31.6 Å². The minimum atomic E-state index is -2.39. The first-order valence-electron chi connectivity index (χ1n) is 6.37. The molecule has 2 unspecified atom stereocenters. The molecule has 0 saturated carbocycles. The Morgan fingerprint density at radius 1 is 1.33 bits per heavy atom. The molecular formula is C14H19F2NO. The fraction of sp³-hybridized carbons (Fsp3) is 0.571. The number of benzene rings is 1. The van der Waals surface area contributed by atoms with Crippen molar-refractivity contribution in [2.24, 2.45) is 0 Å². The summed E-state index contributed by atoms with van der Waals surface area (Å²) in [5, 5.41) is 3.45. The molecule has 0 bridgehead atoms. The molecule has 0 amide bonds. The number of hydrogen-bond donors (Lipinski definition) is 1. The third kappa shape index (κ3) is 3.75. The van der Waals surface area contributed by atoms with Gasteiger partial charge in [-0.15, -0.1) is 0 Å². The van der Waals surface area contributed by atoms with Gasteiger partial charge in [-0.05, 0) is 25.3 Å². The van der Waals surface area contributed by atoms with Gasteiger partial charge < -0.3 is 10.1 Å².